The Morgan fingerprint density at radius 1 is 1.05 bits per heavy atom. The number of hydrogen-bond donors (Lipinski definition) is 2. The number of anilines is 2. The predicted octanol–water partition coefficient (Wildman–Crippen LogP) is 3.18. The number of carbonyl (C=O) groups is 2. The Morgan fingerprint density at radius 2 is 1.84 bits per heavy atom. The summed E-state index contributed by atoms with van der Waals surface area (Å²) >= 11 is 0. The number of carbonyl (C=O) groups excluding carboxylic acids is 2. The number of hydrogen-bond acceptors (Lipinski definition) is 6. The SMILES string of the molecule is CN1CCN(c2ccc(NC(=O)C(CNCCc3ccc(C#N)cc3)c3ccccc3)nc2)CCC1=O. The van der Waals surface area contributed by atoms with Gasteiger partial charge < -0.3 is 20.4 Å². The number of amides is 2. The highest BCUT2D eigenvalue weighted by atomic mass is 16.2. The van der Waals surface area contributed by atoms with E-state index in [1.165, 1.54) is 0 Å². The molecule has 2 aromatic carbocycles. The van der Waals surface area contributed by atoms with Crippen LogP contribution >= 0.6 is 0 Å². The molecule has 2 N–H and O–H groups in total. The summed E-state index contributed by atoms with van der Waals surface area (Å²) in [5.41, 5.74) is 3.65. The van der Waals surface area contributed by atoms with Crippen LogP contribution < -0.4 is 15.5 Å². The highest BCUT2D eigenvalue weighted by Crippen LogP contribution is 2.20. The first kappa shape index (κ1) is 25.9. The Balaban J connectivity index is 1.35. The summed E-state index contributed by atoms with van der Waals surface area (Å²) < 4.78 is 0. The van der Waals surface area contributed by atoms with Gasteiger partial charge in [0.25, 0.3) is 0 Å². The van der Waals surface area contributed by atoms with Crippen LogP contribution in [-0.2, 0) is 16.0 Å². The molecule has 1 unspecified atom stereocenters. The summed E-state index contributed by atoms with van der Waals surface area (Å²) in [5.74, 6) is 0.141. The maximum Gasteiger partial charge on any atom is 0.234 e. The van der Waals surface area contributed by atoms with Gasteiger partial charge in [-0.1, -0.05) is 42.5 Å². The molecule has 1 aliphatic rings. The minimum absolute atomic E-state index is 0.126. The Hall–Kier alpha value is -4.22. The molecule has 1 aliphatic heterocycles. The molecule has 0 radical (unpaired) electrons. The molecule has 8 heteroatoms. The Morgan fingerprint density at radius 3 is 2.54 bits per heavy atom. The molecule has 1 saturated heterocycles. The molecule has 3 aromatic rings. The summed E-state index contributed by atoms with van der Waals surface area (Å²) in [6.45, 7) is 3.28. The summed E-state index contributed by atoms with van der Waals surface area (Å²) in [7, 11) is 1.83. The van der Waals surface area contributed by atoms with Crippen molar-refractivity contribution < 1.29 is 9.59 Å². The number of pyridine rings is 1. The van der Waals surface area contributed by atoms with Crippen molar-refractivity contribution in [2.45, 2.75) is 18.8 Å². The summed E-state index contributed by atoms with van der Waals surface area (Å²) in [6.07, 6.45) is 3.03. The second kappa shape index (κ2) is 12.7. The zero-order valence-electron chi connectivity index (χ0n) is 21.1. The van der Waals surface area contributed by atoms with Crippen molar-refractivity contribution in [1.29, 1.82) is 5.26 Å². The molecule has 0 bridgehead atoms. The van der Waals surface area contributed by atoms with E-state index in [9.17, 15) is 9.59 Å². The van der Waals surface area contributed by atoms with Crippen molar-refractivity contribution in [3.8, 4) is 6.07 Å². The second-order valence-corrected chi connectivity index (χ2v) is 9.17. The zero-order valence-corrected chi connectivity index (χ0v) is 21.1. The Kier molecular flexibility index (Phi) is 8.84. The lowest BCUT2D eigenvalue weighted by Crippen LogP contribution is -2.32. The third-order valence-electron chi connectivity index (χ3n) is 6.63. The van der Waals surface area contributed by atoms with Crippen molar-refractivity contribution in [3.05, 3.63) is 89.6 Å². The molecular formula is C29H32N6O2. The number of rotatable bonds is 9. The molecule has 0 spiro atoms. The van der Waals surface area contributed by atoms with Gasteiger partial charge in [0.15, 0.2) is 0 Å². The van der Waals surface area contributed by atoms with Crippen molar-refractivity contribution in [1.82, 2.24) is 15.2 Å². The molecular weight excluding hydrogens is 464 g/mol. The van der Waals surface area contributed by atoms with Gasteiger partial charge in [0, 0.05) is 39.6 Å². The number of benzene rings is 2. The minimum atomic E-state index is -0.379. The van der Waals surface area contributed by atoms with Crippen LogP contribution in [0.25, 0.3) is 0 Å². The van der Waals surface area contributed by atoms with Gasteiger partial charge in [-0.2, -0.15) is 5.26 Å². The summed E-state index contributed by atoms with van der Waals surface area (Å²) in [5, 5.41) is 15.3. The topological polar surface area (TPSA) is 101 Å². The fourth-order valence-electron chi connectivity index (χ4n) is 4.32. The first-order valence-electron chi connectivity index (χ1n) is 12.5. The van der Waals surface area contributed by atoms with Gasteiger partial charge in [-0.15, -0.1) is 0 Å². The van der Waals surface area contributed by atoms with Crippen LogP contribution in [0.4, 0.5) is 11.5 Å². The average Bonchev–Trinajstić information content (AvgIpc) is 3.10. The molecule has 2 amide bonds. The maximum absolute atomic E-state index is 13.3. The van der Waals surface area contributed by atoms with Gasteiger partial charge in [-0.25, -0.2) is 4.98 Å². The average molecular weight is 497 g/mol. The van der Waals surface area contributed by atoms with Crippen LogP contribution in [0.1, 0.15) is 29.0 Å². The van der Waals surface area contributed by atoms with E-state index >= 15 is 0 Å². The summed E-state index contributed by atoms with van der Waals surface area (Å²) in [4.78, 5) is 33.6. The van der Waals surface area contributed by atoms with Gasteiger partial charge in [-0.05, 0) is 48.4 Å². The molecule has 8 nitrogen and oxygen atoms in total. The molecule has 1 fully saturated rings. The van der Waals surface area contributed by atoms with E-state index in [1.807, 2.05) is 73.8 Å². The second-order valence-electron chi connectivity index (χ2n) is 9.17. The lowest BCUT2D eigenvalue weighted by atomic mass is 9.98. The first-order valence-corrected chi connectivity index (χ1v) is 12.5. The third kappa shape index (κ3) is 7.15. The molecule has 190 valence electrons. The fourth-order valence-corrected chi connectivity index (χ4v) is 4.32. The van der Waals surface area contributed by atoms with Crippen LogP contribution in [0.3, 0.4) is 0 Å². The minimum Gasteiger partial charge on any atom is -0.368 e. The van der Waals surface area contributed by atoms with Crippen LogP contribution in [0.15, 0.2) is 72.9 Å². The van der Waals surface area contributed by atoms with E-state index in [2.05, 4.69) is 26.6 Å². The third-order valence-corrected chi connectivity index (χ3v) is 6.63. The maximum atomic E-state index is 13.3. The summed E-state index contributed by atoms with van der Waals surface area (Å²) in [6, 6.07) is 23.1. The highest BCUT2D eigenvalue weighted by Gasteiger charge is 2.22. The molecule has 1 atom stereocenters. The zero-order chi connectivity index (χ0) is 26.0. The number of nitrogens with zero attached hydrogens (tertiary/aromatic N) is 4. The van der Waals surface area contributed by atoms with E-state index in [-0.39, 0.29) is 17.7 Å². The number of nitriles is 1. The molecule has 0 aliphatic carbocycles. The molecule has 1 aromatic heterocycles. The Bertz CT molecular complexity index is 1220. The van der Waals surface area contributed by atoms with Crippen molar-refractivity contribution >= 4 is 23.3 Å². The largest absolute Gasteiger partial charge is 0.368 e. The number of aromatic nitrogens is 1. The number of nitrogens with one attached hydrogen (secondary N) is 2. The van der Waals surface area contributed by atoms with Crippen molar-refractivity contribution in [2.75, 3.05) is 50.0 Å². The normalized spacial score (nSPS) is 14.5. The smallest absolute Gasteiger partial charge is 0.234 e. The van der Waals surface area contributed by atoms with Gasteiger partial charge in [0.05, 0.1) is 29.4 Å². The monoisotopic (exact) mass is 496 g/mol. The van der Waals surface area contributed by atoms with Gasteiger partial charge in [-0.3, -0.25) is 9.59 Å². The fraction of sp³-hybridized carbons (Fsp3) is 0.310. The van der Waals surface area contributed by atoms with E-state index in [0.29, 0.717) is 44.0 Å². The standard InChI is InChI=1S/C29H32N6O2/c1-34-17-18-35(16-14-28(34)36)25-11-12-27(32-20-25)33-29(37)26(24-5-3-2-4-6-24)21-31-15-13-22-7-9-23(19-30)10-8-22/h2-12,20,26,31H,13-18,21H2,1H3,(H,32,33,37). The van der Waals surface area contributed by atoms with Gasteiger partial charge >= 0.3 is 0 Å². The van der Waals surface area contributed by atoms with E-state index in [4.69, 9.17) is 5.26 Å². The number of likely N-dealkylation sites (N-methyl/N-ethyl adjacent to an activating group) is 1. The van der Waals surface area contributed by atoms with Crippen LogP contribution in [-0.4, -0.2) is 61.5 Å². The van der Waals surface area contributed by atoms with Crippen molar-refractivity contribution in [2.24, 2.45) is 0 Å². The van der Waals surface area contributed by atoms with Crippen LogP contribution in [0.2, 0.25) is 0 Å². The lowest BCUT2D eigenvalue weighted by molar-refractivity contribution is -0.129. The molecule has 37 heavy (non-hydrogen) atoms. The van der Waals surface area contributed by atoms with Gasteiger partial charge in [0.1, 0.15) is 5.82 Å². The van der Waals surface area contributed by atoms with Crippen LogP contribution in [0.5, 0.6) is 0 Å². The lowest BCUT2D eigenvalue weighted by Gasteiger charge is -2.22. The van der Waals surface area contributed by atoms with Gasteiger partial charge in [0.2, 0.25) is 11.8 Å². The first-order chi connectivity index (χ1) is 18.0. The Labute approximate surface area is 217 Å². The molecule has 4 rings (SSSR count). The molecule has 0 saturated carbocycles. The highest BCUT2D eigenvalue weighted by molar-refractivity contribution is 5.95. The van der Waals surface area contributed by atoms with E-state index in [0.717, 1.165) is 29.8 Å². The van der Waals surface area contributed by atoms with Crippen molar-refractivity contribution in [3.63, 3.8) is 0 Å². The van der Waals surface area contributed by atoms with E-state index in [1.54, 1.807) is 11.1 Å². The quantitative estimate of drug-likeness (QED) is 0.441. The predicted molar refractivity (Wildman–Crippen MR) is 144 cm³/mol. The van der Waals surface area contributed by atoms with Crippen LogP contribution in [0, 0.1) is 11.3 Å². The van der Waals surface area contributed by atoms with E-state index < -0.39 is 0 Å². The molecule has 2 heterocycles.